The van der Waals surface area contributed by atoms with Gasteiger partial charge in [0.05, 0.1) is 18.4 Å². The van der Waals surface area contributed by atoms with Crippen molar-refractivity contribution < 1.29 is 19.1 Å². The first kappa shape index (κ1) is 13.7. The molecular formula is C14H12N2O4. The number of hydrogen-bond donors (Lipinski definition) is 0. The number of hydrogen-bond acceptors (Lipinski definition) is 6. The zero-order valence-electron chi connectivity index (χ0n) is 10.8. The second kappa shape index (κ2) is 6.42. The van der Waals surface area contributed by atoms with Crippen LogP contribution in [0.5, 0.6) is 5.88 Å². The Morgan fingerprint density at radius 2 is 2.15 bits per heavy atom. The van der Waals surface area contributed by atoms with Crippen LogP contribution in [0.2, 0.25) is 0 Å². The Morgan fingerprint density at radius 3 is 2.80 bits per heavy atom. The number of nitrogens with zero attached hydrogens (tertiary/aromatic N) is 2. The molecule has 0 fully saturated rings. The maximum atomic E-state index is 11.4. The van der Waals surface area contributed by atoms with E-state index in [9.17, 15) is 9.59 Å². The monoisotopic (exact) mass is 272 g/mol. The van der Waals surface area contributed by atoms with Crippen LogP contribution in [0.4, 0.5) is 0 Å². The van der Waals surface area contributed by atoms with E-state index < -0.39 is 5.97 Å². The highest BCUT2D eigenvalue weighted by Gasteiger charge is 2.13. The van der Waals surface area contributed by atoms with Crippen molar-refractivity contribution in [2.45, 2.75) is 6.61 Å². The van der Waals surface area contributed by atoms with E-state index in [1.165, 1.54) is 19.2 Å². The average Bonchev–Trinajstić information content (AvgIpc) is 2.52. The first-order valence-corrected chi connectivity index (χ1v) is 5.82. The lowest BCUT2D eigenvalue weighted by Crippen LogP contribution is -2.08. The van der Waals surface area contributed by atoms with Gasteiger partial charge in [0.15, 0.2) is 6.29 Å². The minimum absolute atomic E-state index is 0.0182. The molecule has 0 unspecified atom stereocenters. The van der Waals surface area contributed by atoms with Gasteiger partial charge in [0.2, 0.25) is 5.88 Å². The van der Waals surface area contributed by atoms with Crippen LogP contribution in [0, 0.1) is 0 Å². The van der Waals surface area contributed by atoms with E-state index in [1.54, 1.807) is 12.3 Å². The van der Waals surface area contributed by atoms with E-state index in [-0.39, 0.29) is 23.7 Å². The molecule has 0 bridgehead atoms. The minimum Gasteiger partial charge on any atom is -0.471 e. The Bertz CT molecular complexity index is 614. The van der Waals surface area contributed by atoms with E-state index in [0.717, 1.165) is 5.69 Å². The van der Waals surface area contributed by atoms with Gasteiger partial charge in [0, 0.05) is 12.3 Å². The fraction of sp³-hybridized carbons (Fsp3) is 0.143. The molecule has 102 valence electrons. The molecule has 0 aliphatic carbocycles. The van der Waals surface area contributed by atoms with Crippen molar-refractivity contribution in [2.24, 2.45) is 0 Å². The average molecular weight is 272 g/mol. The van der Waals surface area contributed by atoms with Gasteiger partial charge in [-0.1, -0.05) is 6.07 Å². The van der Waals surface area contributed by atoms with Crippen LogP contribution in [0.3, 0.4) is 0 Å². The summed E-state index contributed by atoms with van der Waals surface area (Å²) in [5.41, 5.74) is 0.821. The summed E-state index contributed by atoms with van der Waals surface area (Å²) in [5.74, 6) is -0.374. The Hall–Kier alpha value is -2.76. The van der Waals surface area contributed by atoms with Crippen LogP contribution in [0.1, 0.15) is 26.5 Å². The summed E-state index contributed by atoms with van der Waals surface area (Å²) in [6, 6.07) is 8.40. The van der Waals surface area contributed by atoms with Crippen molar-refractivity contribution in [1.29, 1.82) is 0 Å². The Labute approximate surface area is 115 Å². The van der Waals surface area contributed by atoms with Crippen molar-refractivity contribution in [3.8, 4) is 5.88 Å². The quantitative estimate of drug-likeness (QED) is 0.608. The van der Waals surface area contributed by atoms with E-state index in [4.69, 9.17) is 4.74 Å². The van der Waals surface area contributed by atoms with Crippen LogP contribution < -0.4 is 4.74 Å². The van der Waals surface area contributed by atoms with Gasteiger partial charge in [-0.05, 0) is 18.2 Å². The number of pyridine rings is 2. The number of methoxy groups -OCH3 is 1. The van der Waals surface area contributed by atoms with Crippen LogP contribution in [-0.4, -0.2) is 29.3 Å². The normalized spacial score (nSPS) is 9.85. The summed E-state index contributed by atoms with van der Waals surface area (Å²) < 4.78 is 9.98. The molecular weight excluding hydrogens is 260 g/mol. The van der Waals surface area contributed by atoms with Crippen molar-refractivity contribution in [3.63, 3.8) is 0 Å². The lowest BCUT2D eigenvalue weighted by molar-refractivity contribution is 0.0597. The Balaban J connectivity index is 2.14. The zero-order chi connectivity index (χ0) is 14.4. The number of rotatable bonds is 5. The molecule has 0 amide bonds. The molecule has 0 aliphatic heterocycles. The van der Waals surface area contributed by atoms with Crippen molar-refractivity contribution in [1.82, 2.24) is 9.97 Å². The molecule has 0 saturated carbocycles. The van der Waals surface area contributed by atoms with E-state index in [2.05, 4.69) is 14.7 Å². The second-order valence-corrected chi connectivity index (χ2v) is 3.80. The Kier molecular flexibility index (Phi) is 4.39. The third-order valence-corrected chi connectivity index (χ3v) is 2.51. The molecule has 0 saturated heterocycles. The van der Waals surface area contributed by atoms with Crippen LogP contribution in [0.15, 0.2) is 36.5 Å². The van der Waals surface area contributed by atoms with Crippen molar-refractivity contribution >= 4 is 12.3 Å². The molecule has 0 aromatic carbocycles. The molecule has 2 aromatic heterocycles. The van der Waals surface area contributed by atoms with E-state index >= 15 is 0 Å². The first-order chi connectivity index (χ1) is 9.74. The van der Waals surface area contributed by atoms with Gasteiger partial charge < -0.3 is 9.47 Å². The number of ether oxygens (including phenoxy) is 2. The van der Waals surface area contributed by atoms with Gasteiger partial charge >= 0.3 is 5.97 Å². The standard InChI is InChI=1S/C14H12N2O4/c1-19-14(18)11-5-6-13(16-12(11)8-17)20-9-10-4-2-3-7-15-10/h2-8H,9H2,1H3. The summed E-state index contributed by atoms with van der Waals surface area (Å²) in [6.07, 6.45) is 2.14. The highest BCUT2D eigenvalue weighted by atomic mass is 16.5. The molecule has 6 nitrogen and oxygen atoms in total. The van der Waals surface area contributed by atoms with Gasteiger partial charge in [0.25, 0.3) is 0 Å². The highest BCUT2D eigenvalue weighted by Crippen LogP contribution is 2.14. The minimum atomic E-state index is -0.615. The smallest absolute Gasteiger partial charge is 0.340 e. The molecule has 6 heteroatoms. The molecule has 20 heavy (non-hydrogen) atoms. The molecule has 0 aliphatic rings. The summed E-state index contributed by atoms with van der Waals surface area (Å²) in [6.45, 7) is 0.226. The van der Waals surface area contributed by atoms with Crippen LogP contribution in [-0.2, 0) is 11.3 Å². The third-order valence-electron chi connectivity index (χ3n) is 2.51. The fourth-order valence-corrected chi connectivity index (χ4v) is 1.54. The molecule has 2 aromatic rings. The lowest BCUT2D eigenvalue weighted by Gasteiger charge is -2.07. The molecule has 2 heterocycles. The van der Waals surface area contributed by atoms with E-state index in [1.807, 2.05) is 12.1 Å². The second-order valence-electron chi connectivity index (χ2n) is 3.80. The SMILES string of the molecule is COC(=O)c1ccc(OCc2ccccn2)nc1C=O. The number of aromatic nitrogens is 2. The highest BCUT2D eigenvalue weighted by molar-refractivity contribution is 5.97. The fourth-order valence-electron chi connectivity index (χ4n) is 1.54. The summed E-state index contributed by atoms with van der Waals surface area (Å²) in [5, 5.41) is 0. The van der Waals surface area contributed by atoms with Gasteiger partial charge in [0.1, 0.15) is 12.3 Å². The van der Waals surface area contributed by atoms with Crippen LogP contribution >= 0.6 is 0 Å². The van der Waals surface area contributed by atoms with Gasteiger partial charge in [-0.15, -0.1) is 0 Å². The van der Waals surface area contributed by atoms with Crippen molar-refractivity contribution in [2.75, 3.05) is 7.11 Å². The third kappa shape index (κ3) is 3.17. The number of carbonyl (C=O) groups excluding carboxylic acids is 2. The molecule has 0 atom stereocenters. The topological polar surface area (TPSA) is 78.4 Å². The molecule has 0 N–H and O–H groups in total. The van der Waals surface area contributed by atoms with Gasteiger partial charge in [-0.25, -0.2) is 9.78 Å². The zero-order valence-corrected chi connectivity index (χ0v) is 10.8. The van der Waals surface area contributed by atoms with E-state index in [0.29, 0.717) is 6.29 Å². The summed E-state index contributed by atoms with van der Waals surface area (Å²) in [7, 11) is 1.24. The molecule has 2 rings (SSSR count). The summed E-state index contributed by atoms with van der Waals surface area (Å²) >= 11 is 0. The largest absolute Gasteiger partial charge is 0.471 e. The molecule has 0 spiro atoms. The lowest BCUT2D eigenvalue weighted by atomic mass is 10.2. The number of esters is 1. The van der Waals surface area contributed by atoms with Gasteiger partial charge in [-0.2, -0.15) is 0 Å². The van der Waals surface area contributed by atoms with Gasteiger partial charge in [-0.3, -0.25) is 9.78 Å². The van der Waals surface area contributed by atoms with Crippen LogP contribution in [0.25, 0.3) is 0 Å². The number of carbonyl (C=O) groups is 2. The molecule has 0 radical (unpaired) electrons. The maximum absolute atomic E-state index is 11.4. The number of aldehydes is 1. The Morgan fingerprint density at radius 1 is 1.30 bits per heavy atom. The first-order valence-electron chi connectivity index (χ1n) is 5.82. The van der Waals surface area contributed by atoms with Crippen molar-refractivity contribution in [3.05, 3.63) is 53.5 Å². The predicted molar refractivity (Wildman–Crippen MR) is 69.5 cm³/mol. The maximum Gasteiger partial charge on any atom is 0.340 e. The predicted octanol–water partition coefficient (Wildman–Crippen LogP) is 1.65. The summed E-state index contributed by atoms with van der Waals surface area (Å²) in [4.78, 5) is 30.4.